The molecule has 0 radical (unpaired) electrons. The minimum atomic E-state index is -0.973. The van der Waals surface area contributed by atoms with Crippen molar-refractivity contribution >= 4 is 17.6 Å². The fraction of sp³-hybridized carbons (Fsp3) is 0.357. The minimum Gasteiger partial charge on any atom is -0.478 e. The molecule has 20 heavy (non-hydrogen) atoms. The number of rotatable bonds is 4. The number of carboxylic acid groups (broad SMARTS) is 1. The van der Waals surface area contributed by atoms with Crippen LogP contribution >= 0.6 is 11.6 Å². The lowest BCUT2D eigenvalue weighted by Gasteiger charge is -2.08. The van der Waals surface area contributed by atoms with E-state index in [4.69, 9.17) is 11.6 Å². The first-order valence-corrected chi connectivity index (χ1v) is 6.78. The Labute approximate surface area is 122 Å². The van der Waals surface area contributed by atoms with Crippen molar-refractivity contribution in [3.8, 4) is 5.82 Å². The molecule has 2 heterocycles. The Morgan fingerprint density at radius 1 is 1.40 bits per heavy atom. The van der Waals surface area contributed by atoms with E-state index in [9.17, 15) is 9.90 Å². The van der Waals surface area contributed by atoms with Crippen molar-refractivity contribution in [2.75, 3.05) is 0 Å². The predicted octanol–water partition coefficient (Wildman–Crippen LogP) is 3.19. The summed E-state index contributed by atoms with van der Waals surface area (Å²) in [5.41, 5.74) is 2.40. The maximum Gasteiger partial charge on any atom is 0.335 e. The van der Waals surface area contributed by atoms with E-state index in [1.54, 1.807) is 17.7 Å². The van der Waals surface area contributed by atoms with Gasteiger partial charge in [0.25, 0.3) is 0 Å². The lowest BCUT2D eigenvalue weighted by molar-refractivity contribution is 0.0696. The molecule has 1 N–H and O–H groups in total. The van der Waals surface area contributed by atoms with Crippen LogP contribution in [0.15, 0.2) is 12.1 Å². The SMILES string of the molecule is CCCc1cc(C(=O)O)cc(-n2nc(C)c(Cl)c2C)n1. The first-order valence-electron chi connectivity index (χ1n) is 6.40. The van der Waals surface area contributed by atoms with E-state index in [2.05, 4.69) is 10.1 Å². The number of hydrogen-bond donors (Lipinski definition) is 1. The monoisotopic (exact) mass is 293 g/mol. The van der Waals surface area contributed by atoms with Crippen LogP contribution in [0.25, 0.3) is 5.82 Å². The molecular formula is C14H16ClN3O2. The van der Waals surface area contributed by atoms with Crippen LogP contribution in [0.5, 0.6) is 0 Å². The lowest BCUT2D eigenvalue weighted by atomic mass is 10.1. The van der Waals surface area contributed by atoms with Crippen LogP contribution in [-0.4, -0.2) is 25.8 Å². The Kier molecular flexibility index (Phi) is 4.09. The van der Waals surface area contributed by atoms with Gasteiger partial charge in [0.2, 0.25) is 0 Å². The van der Waals surface area contributed by atoms with Gasteiger partial charge in [0.15, 0.2) is 5.82 Å². The van der Waals surface area contributed by atoms with Gasteiger partial charge in [-0.1, -0.05) is 24.9 Å². The molecule has 2 aromatic rings. The largest absolute Gasteiger partial charge is 0.478 e. The van der Waals surface area contributed by atoms with Gasteiger partial charge in [0, 0.05) is 5.69 Å². The number of halogens is 1. The van der Waals surface area contributed by atoms with E-state index in [0.29, 0.717) is 16.5 Å². The summed E-state index contributed by atoms with van der Waals surface area (Å²) in [6, 6.07) is 3.11. The summed E-state index contributed by atoms with van der Waals surface area (Å²) in [4.78, 5) is 15.7. The van der Waals surface area contributed by atoms with Crippen molar-refractivity contribution in [3.63, 3.8) is 0 Å². The molecule has 0 unspecified atom stereocenters. The van der Waals surface area contributed by atoms with Gasteiger partial charge in [-0.05, 0) is 32.4 Å². The molecule has 0 amide bonds. The van der Waals surface area contributed by atoms with Gasteiger partial charge >= 0.3 is 5.97 Å². The molecule has 2 aromatic heterocycles. The normalized spacial score (nSPS) is 10.8. The number of carboxylic acids is 1. The van der Waals surface area contributed by atoms with Gasteiger partial charge in [-0.15, -0.1) is 0 Å². The van der Waals surface area contributed by atoms with Gasteiger partial charge < -0.3 is 5.11 Å². The summed E-state index contributed by atoms with van der Waals surface area (Å²) >= 11 is 6.12. The Bertz CT molecular complexity index is 665. The number of carbonyl (C=O) groups is 1. The molecular weight excluding hydrogens is 278 g/mol. The van der Waals surface area contributed by atoms with Crippen LogP contribution in [-0.2, 0) is 6.42 Å². The molecule has 2 rings (SSSR count). The van der Waals surface area contributed by atoms with Crippen molar-refractivity contribution < 1.29 is 9.90 Å². The first-order chi connectivity index (χ1) is 9.43. The Morgan fingerprint density at radius 2 is 2.10 bits per heavy atom. The number of pyridine rings is 1. The van der Waals surface area contributed by atoms with Crippen LogP contribution in [0.4, 0.5) is 0 Å². The summed E-state index contributed by atoms with van der Waals surface area (Å²) in [6.07, 6.45) is 1.62. The molecule has 0 aromatic carbocycles. The van der Waals surface area contributed by atoms with Crippen LogP contribution in [0.3, 0.4) is 0 Å². The Hall–Kier alpha value is -1.88. The smallest absolute Gasteiger partial charge is 0.335 e. The van der Waals surface area contributed by atoms with E-state index < -0.39 is 5.97 Å². The van der Waals surface area contributed by atoms with E-state index >= 15 is 0 Å². The zero-order valence-corrected chi connectivity index (χ0v) is 12.4. The standard InChI is InChI=1S/C14H16ClN3O2/c1-4-5-11-6-10(14(19)20)7-12(16-11)18-9(3)13(15)8(2)17-18/h6-7H,4-5H2,1-3H3,(H,19,20). The molecule has 0 saturated carbocycles. The van der Waals surface area contributed by atoms with E-state index in [0.717, 1.165) is 24.2 Å². The van der Waals surface area contributed by atoms with Crippen molar-refractivity contribution in [1.82, 2.24) is 14.8 Å². The zero-order chi connectivity index (χ0) is 14.9. The highest BCUT2D eigenvalue weighted by Gasteiger charge is 2.15. The highest BCUT2D eigenvalue weighted by Crippen LogP contribution is 2.22. The molecule has 5 nitrogen and oxygen atoms in total. The topological polar surface area (TPSA) is 68.0 Å². The number of nitrogens with zero attached hydrogens (tertiary/aromatic N) is 3. The maximum atomic E-state index is 11.2. The molecule has 0 atom stereocenters. The fourth-order valence-electron chi connectivity index (χ4n) is 2.03. The lowest BCUT2D eigenvalue weighted by Crippen LogP contribution is -2.08. The number of aromatic nitrogens is 3. The number of aromatic carboxylic acids is 1. The van der Waals surface area contributed by atoms with E-state index in [1.165, 1.54) is 6.07 Å². The van der Waals surface area contributed by atoms with Crippen LogP contribution < -0.4 is 0 Å². The van der Waals surface area contributed by atoms with Gasteiger partial charge in [-0.25, -0.2) is 14.5 Å². The molecule has 106 valence electrons. The molecule has 0 aliphatic heterocycles. The quantitative estimate of drug-likeness (QED) is 0.940. The molecule has 6 heteroatoms. The average Bonchev–Trinajstić information content (AvgIpc) is 2.66. The summed E-state index contributed by atoms with van der Waals surface area (Å²) in [7, 11) is 0. The van der Waals surface area contributed by atoms with Crippen molar-refractivity contribution in [3.05, 3.63) is 39.8 Å². The zero-order valence-electron chi connectivity index (χ0n) is 11.6. The maximum absolute atomic E-state index is 11.2. The average molecular weight is 294 g/mol. The van der Waals surface area contributed by atoms with Crippen LogP contribution in [0, 0.1) is 13.8 Å². The third kappa shape index (κ3) is 2.67. The second-order valence-electron chi connectivity index (χ2n) is 4.66. The van der Waals surface area contributed by atoms with E-state index in [1.807, 2.05) is 13.8 Å². The minimum absolute atomic E-state index is 0.210. The van der Waals surface area contributed by atoms with Gasteiger partial charge in [-0.2, -0.15) is 5.10 Å². The number of hydrogen-bond acceptors (Lipinski definition) is 3. The molecule has 0 aliphatic carbocycles. The molecule has 0 spiro atoms. The summed E-state index contributed by atoms with van der Waals surface area (Å²) in [5.74, 6) is -0.487. The van der Waals surface area contributed by atoms with Crippen molar-refractivity contribution in [1.29, 1.82) is 0 Å². The molecule has 0 aliphatic rings. The van der Waals surface area contributed by atoms with Crippen LogP contribution in [0.2, 0.25) is 5.02 Å². The molecule has 0 saturated heterocycles. The highest BCUT2D eigenvalue weighted by molar-refractivity contribution is 6.31. The Balaban J connectivity index is 2.60. The highest BCUT2D eigenvalue weighted by atomic mass is 35.5. The van der Waals surface area contributed by atoms with E-state index in [-0.39, 0.29) is 5.56 Å². The second kappa shape index (κ2) is 5.63. The van der Waals surface area contributed by atoms with Gasteiger partial charge in [0.1, 0.15) is 0 Å². The Morgan fingerprint density at radius 3 is 2.60 bits per heavy atom. The fourth-order valence-corrected chi connectivity index (χ4v) is 2.15. The third-order valence-electron chi connectivity index (χ3n) is 3.04. The number of aryl methyl sites for hydroxylation is 2. The molecule has 0 fully saturated rings. The predicted molar refractivity (Wildman–Crippen MR) is 76.8 cm³/mol. The summed E-state index contributed by atoms with van der Waals surface area (Å²) in [6.45, 7) is 5.66. The van der Waals surface area contributed by atoms with Gasteiger partial charge in [0.05, 0.1) is 22.0 Å². The summed E-state index contributed by atoms with van der Waals surface area (Å²) in [5, 5.41) is 14.1. The van der Waals surface area contributed by atoms with Crippen molar-refractivity contribution in [2.45, 2.75) is 33.6 Å². The van der Waals surface area contributed by atoms with Gasteiger partial charge in [-0.3, -0.25) is 0 Å². The van der Waals surface area contributed by atoms with Crippen LogP contribution in [0.1, 0.15) is 40.8 Å². The second-order valence-corrected chi connectivity index (χ2v) is 5.04. The third-order valence-corrected chi connectivity index (χ3v) is 3.58. The van der Waals surface area contributed by atoms with Crippen molar-refractivity contribution in [2.24, 2.45) is 0 Å². The summed E-state index contributed by atoms with van der Waals surface area (Å²) < 4.78 is 1.59. The first kappa shape index (κ1) is 14.5. The molecule has 0 bridgehead atoms.